The van der Waals surface area contributed by atoms with Crippen LogP contribution in [-0.4, -0.2) is 61.8 Å². The van der Waals surface area contributed by atoms with E-state index in [1.807, 2.05) is 72.8 Å². The first-order valence-electron chi connectivity index (χ1n) is 18.5. The molecule has 0 spiro atoms. The highest BCUT2D eigenvalue weighted by molar-refractivity contribution is 5.85. The van der Waals surface area contributed by atoms with Crippen molar-refractivity contribution in [3.05, 3.63) is 143 Å². The summed E-state index contributed by atoms with van der Waals surface area (Å²) in [4.78, 5) is 22.9. The lowest BCUT2D eigenvalue weighted by Gasteiger charge is -2.26. The minimum atomic E-state index is -0.764. The fourth-order valence-electron chi connectivity index (χ4n) is 5.51. The Labute approximate surface area is 323 Å². The van der Waals surface area contributed by atoms with Gasteiger partial charge in [-0.3, -0.25) is 0 Å². The number of aliphatic hydroxyl groups excluding tert-OH is 2. The van der Waals surface area contributed by atoms with Crippen LogP contribution in [0.5, 0.6) is 23.0 Å². The lowest BCUT2D eigenvalue weighted by molar-refractivity contribution is -0.143. The van der Waals surface area contributed by atoms with Crippen molar-refractivity contribution in [2.45, 2.75) is 58.8 Å². The minimum Gasteiger partial charge on any atom is -0.502 e. The second kappa shape index (κ2) is 21.7. The Balaban J connectivity index is 1.11. The number of esters is 2. The number of carbonyl (C=O) groups is 2. The van der Waals surface area contributed by atoms with E-state index in [1.54, 1.807) is 13.8 Å². The number of hydrogen-bond donors (Lipinski definition) is 2. The van der Waals surface area contributed by atoms with E-state index in [1.165, 1.54) is 34.4 Å². The van der Waals surface area contributed by atoms with E-state index in [9.17, 15) is 19.8 Å². The van der Waals surface area contributed by atoms with E-state index in [4.69, 9.17) is 28.4 Å². The van der Waals surface area contributed by atoms with Crippen molar-refractivity contribution in [3.8, 4) is 23.0 Å². The highest BCUT2D eigenvalue weighted by atomic mass is 16.6. The van der Waals surface area contributed by atoms with Crippen LogP contribution in [0.3, 0.4) is 0 Å². The monoisotopic (exact) mass is 752 g/mol. The first-order valence-corrected chi connectivity index (χ1v) is 18.5. The van der Waals surface area contributed by atoms with E-state index in [-0.39, 0.29) is 31.8 Å². The zero-order chi connectivity index (χ0) is 39.5. The number of aliphatic hydroxyl groups is 2. The third kappa shape index (κ3) is 13.8. The molecule has 0 aliphatic rings. The standard InChI is InChI=1S/C45H52O10/c1-5-41(46)43(48)54-31-29-52-37-19-11-33(12-20-37)9-7-27-50-39-23-15-35(16-24-39)45(3,4)36-17-25-40(26-18-36)51-28-8-10-34-13-21-38(22-14-34)53-30-32-55-44(49)42(47)6-2/h5-6,11-26,46-47H,7-10,27-32H2,1-4H3. The molecular weight excluding hydrogens is 700 g/mol. The molecule has 0 bridgehead atoms. The number of benzene rings is 4. The summed E-state index contributed by atoms with van der Waals surface area (Å²) in [5.74, 6) is 0.681. The van der Waals surface area contributed by atoms with Crippen molar-refractivity contribution in [1.82, 2.24) is 0 Å². The van der Waals surface area contributed by atoms with Gasteiger partial charge in [-0.05, 0) is 122 Å². The van der Waals surface area contributed by atoms with Crippen LogP contribution >= 0.6 is 0 Å². The van der Waals surface area contributed by atoms with E-state index in [0.29, 0.717) is 24.7 Å². The molecule has 0 amide bonds. The molecule has 0 fully saturated rings. The summed E-state index contributed by atoms with van der Waals surface area (Å²) in [5, 5.41) is 18.6. The van der Waals surface area contributed by atoms with Crippen LogP contribution in [0.1, 0.15) is 62.8 Å². The van der Waals surface area contributed by atoms with Crippen molar-refractivity contribution in [2.24, 2.45) is 0 Å². The smallest absolute Gasteiger partial charge is 0.373 e. The van der Waals surface area contributed by atoms with Crippen LogP contribution in [0.15, 0.2) is 121 Å². The van der Waals surface area contributed by atoms with Gasteiger partial charge < -0.3 is 38.6 Å². The highest BCUT2D eigenvalue weighted by Crippen LogP contribution is 2.33. The Hall–Kier alpha value is -5.90. The summed E-state index contributed by atoms with van der Waals surface area (Å²) in [6.45, 7) is 9.22. The van der Waals surface area contributed by atoms with Gasteiger partial charge in [-0.2, -0.15) is 0 Å². The maximum atomic E-state index is 11.4. The molecule has 0 heterocycles. The average molecular weight is 753 g/mol. The van der Waals surface area contributed by atoms with Gasteiger partial charge in [0.25, 0.3) is 0 Å². The molecule has 4 rings (SSSR count). The van der Waals surface area contributed by atoms with Crippen LogP contribution in [0.25, 0.3) is 0 Å². The van der Waals surface area contributed by atoms with Crippen molar-refractivity contribution in [1.29, 1.82) is 0 Å². The molecule has 0 aliphatic heterocycles. The van der Waals surface area contributed by atoms with Crippen LogP contribution in [0.2, 0.25) is 0 Å². The zero-order valence-electron chi connectivity index (χ0n) is 32.1. The third-order valence-corrected chi connectivity index (χ3v) is 8.89. The Morgan fingerprint density at radius 2 is 0.800 bits per heavy atom. The summed E-state index contributed by atoms with van der Waals surface area (Å²) in [6.07, 6.45) is 6.02. The quantitative estimate of drug-likeness (QED) is 0.0348. The third-order valence-electron chi connectivity index (χ3n) is 8.89. The molecular formula is C45H52O10. The van der Waals surface area contributed by atoms with E-state index < -0.39 is 23.5 Å². The second-order valence-electron chi connectivity index (χ2n) is 13.2. The van der Waals surface area contributed by atoms with Crippen molar-refractivity contribution in [2.75, 3.05) is 39.6 Å². The summed E-state index contributed by atoms with van der Waals surface area (Å²) in [7, 11) is 0. The van der Waals surface area contributed by atoms with Crippen LogP contribution in [0, 0.1) is 0 Å². The lowest BCUT2D eigenvalue weighted by Crippen LogP contribution is -2.18. The molecule has 4 aromatic rings. The fourth-order valence-corrected chi connectivity index (χ4v) is 5.51. The van der Waals surface area contributed by atoms with E-state index >= 15 is 0 Å². The number of allylic oxidation sites excluding steroid dienone is 2. The molecule has 0 unspecified atom stereocenters. The molecule has 0 saturated carbocycles. The highest BCUT2D eigenvalue weighted by Gasteiger charge is 2.23. The molecule has 55 heavy (non-hydrogen) atoms. The normalized spacial score (nSPS) is 11.8. The Morgan fingerprint density at radius 3 is 1.13 bits per heavy atom. The van der Waals surface area contributed by atoms with Crippen molar-refractivity contribution in [3.63, 3.8) is 0 Å². The van der Waals surface area contributed by atoms with Gasteiger partial charge in [-0.1, -0.05) is 62.4 Å². The van der Waals surface area contributed by atoms with Crippen LogP contribution < -0.4 is 18.9 Å². The summed E-state index contributed by atoms with van der Waals surface area (Å²) >= 11 is 0. The molecule has 2 N–H and O–H groups in total. The number of ether oxygens (including phenoxy) is 6. The number of carbonyl (C=O) groups excluding carboxylic acids is 2. The van der Waals surface area contributed by atoms with Gasteiger partial charge in [0, 0.05) is 5.41 Å². The largest absolute Gasteiger partial charge is 0.502 e. The van der Waals surface area contributed by atoms with Gasteiger partial charge in [0.2, 0.25) is 0 Å². The number of hydrogen-bond acceptors (Lipinski definition) is 10. The maximum absolute atomic E-state index is 11.4. The van der Waals surface area contributed by atoms with Gasteiger partial charge in [0.15, 0.2) is 11.5 Å². The number of aryl methyl sites for hydroxylation is 2. The SMILES string of the molecule is CC=C(O)C(=O)OCCOc1ccc(CCCOc2ccc(C(C)(C)c3ccc(OCCCc4ccc(OCCOC(=O)C(O)=CC)cc4)cc3)cc2)cc1. The predicted molar refractivity (Wildman–Crippen MR) is 211 cm³/mol. The van der Waals surface area contributed by atoms with E-state index in [0.717, 1.165) is 37.2 Å². The predicted octanol–water partition coefficient (Wildman–Crippen LogP) is 8.80. The van der Waals surface area contributed by atoms with Crippen LogP contribution in [0.4, 0.5) is 0 Å². The molecule has 0 saturated heterocycles. The van der Waals surface area contributed by atoms with Gasteiger partial charge in [-0.15, -0.1) is 0 Å². The summed E-state index contributed by atoms with van der Waals surface area (Å²) < 4.78 is 33.1. The fraction of sp³-hybridized carbons (Fsp3) is 0.333. The Kier molecular flexibility index (Phi) is 16.5. The summed E-state index contributed by atoms with van der Waals surface area (Å²) in [6, 6.07) is 32.2. The molecule has 10 heteroatoms. The first kappa shape index (κ1) is 41.9. The first-order chi connectivity index (χ1) is 26.6. The molecule has 0 aromatic heterocycles. The maximum Gasteiger partial charge on any atom is 0.373 e. The minimum absolute atomic E-state index is 0.0491. The van der Waals surface area contributed by atoms with Gasteiger partial charge in [-0.25, -0.2) is 9.59 Å². The van der Waals surface area contributed by atoms with Crippen molar-refractivity contribution >= 4 is 11.9 Å². The van der Waals surface area contributed by atoms with Gasteiger partial charge in [0.05, 0.1) is 13.2 Å². The van der Waals surface area contributed by atoms with Gasteiger partial charge >= 0.3 is 11.9 Å². The van der Waals surface area contributed by atoms with E-state index in [2.05, 4.69) is 38.1 Å². The molecule has 0 aliphatic carbocycles. The lowest BCUT2D eigenvalue weighted by atomic mass is 9.78. The molecule has 4 aromatic carbocycles. The molecule has 292 valence electrons. The van der Waals surface area contributed by atoms with Gasteiger partial charge in [0.1, 0.15) is 49.4 Å². The van der Waals surface area contributed by atoms with Crippen molar-refractivity contribution < 1.29 is 48.2 Å². The van der Waals surface area contributed by atoms with Crippen LogP contribution in [-0.2, 0) is 37.3 Å². The average Bonchev–Trinajstić information content (AvgIpc) is 3.21. The molecule has 0 radical (unpaired) electrons. The molecule has 10 nitrogen and oxygen atoms in total. The number of rotatable bonds is 22. The Bertz CT molecular complexity index is 1690. The summed E-state index contributed by atoms with van der Waals surface area (Å²) in [5.41, 5.74) is 4.52. The Morgan fingerprint density at radius 1 is 0.491 bits per heavy atom. The zero-order valence-corrected chi connectivity index (χ0v) is 32.1. The second-order valence-corrected chi connectivity index (χ2v) is 13.2. The molecule has 0 atom stereocenters. The topological polar surface area (TPSA) is 130 Å².